The van der Waals surface area contributed by atoms with Crippen LogP contribution in [0.5, 0.6) is 0 Å². The molecule has 1 amide bonds. The molecule has 0 aromatic carbocycles. The maximum absolute atomic E-state index is 11.0. The number of carbonyl (C=O) groups excluding carboxylic acids is 1. The summed E-state index contributed by atoms with van der Waals surface area (Å²) in [6.45, 7) is 2.19. The van der Waals surface area contributed by atoms with Gasteiger partial charge in [-0.05, 0) is 18.8 Å². The Kier molecular flexibility index (Phi) is 3.86. The van der Waals surface area contributed by atoms with Crippen LogP contribution in [0.4, 0.5) is 0 Å². The Morgan fingerprint density at radius 3 is 2.75 bits per heavy atom. The Labute approximate surface area is 78.7 Å². The molecule has 1 aliphatic rings. The average Bonchev–Trinajstić information content (AvgIpc) is 2.09. The van der Waals surface area contributed by atoms with Gasteiger partial charge in [0.25, 0.3) is 0 Å². The number of rotatable bonds is 2. The predicted molar refractivity (Wildman–Crippen MR) is 50.3 cm³/mol. The number of carbonyl (C=O) groups is 1. The minimum atomic E-state index is -0.0320. The highest BCUT2D eigenvalue weighted by molar-refractivity contribution is 6.27. The molecular formula is C9H16ClNO. The summed E-state index contributed by atoms with van der Waals surface area (Å²) in [6, 6.07) is 0.366. The summed E-state index contributed by atoms with van der Waals surface area (Å²) in [7, 11) is 0. The van der Waals surface area contributed by atoms with Crippen molar-refractivity contribution in [1.82, 2.24) is 5.32 Å². The zero-order valence-corrected chi connectivity index (χ0v) is 8.23. The molecule has 12 heavy (non-hydrogen) atoms. The second kappa shape index (κ2) is 4.70. The average molecular weight is 190 g/mol. The van der Waals surface area contributed by atoms with Crippen LogP contribution < -0.4 is 5.32 Å². The summed E-state index contributed by atoms with van der Waals surface area (Å²) in [5.74, 6) is 0.671. The van der Waals surface area contributed by atoms with Gasteiger partial charge in [-0.3, -0.25) is 4.79 Å². The van der Waals surface area contributed by atoms with Gasteiger partial charge in [0.1, 0.15) is 5.88 Å². The van der Waals surface area contributed by atoms with E-state index in [0.717, 1.165) is 6.42 Å². The molecule has 0 radical (unpaired) electrons. The molecule has 0 unspecified atom stereocenters. The lowest BCUT2D eigenvalue weighted by molar-refractivity contribution is -0.119. The summed E-state index contributed by atoms with van der Waals surface area (Å²) in [6.07, 6.45) is 4.88. The summed E-state index contributed by atoms with van der Waals surface area (Å²) < 4.78 is 0. The maximum Gasteiger partial charge on any atom is 0.235 e. The Morgan fingerprint density at radius 1 is 1.50 bits per heavy atom. The largest absolute Gasteiger partial charge is 0.352 e. The fraction of sp³-hybridized carbons (Fsp3) is 0.889. The van der Waals surface area contributed by atoms with Gasteiger partial charge >= 0.3 is 0 Å². The summed E-state index contributed by atoms with van der Waals surface area (Å²) in [5, 5.41) is 2.95. The van der Waals surface area contributed by atoms with Gasteiger partial charge in [-0.1, -0.05) is 19.8 Å². The molecule has 0 spiro atoms. The number of amides is 1. The smallest absolute Gasteiger partial charge is 0.235 e. The van der Waals surface area contributed by atoms with E-state index in [0.29, 0.717) is 12.0 Å². The van der Waals surface area contributed by atoms with E-state index in [1.54, 1.807) is 0 Å². The number of hydrogen-bond acceptors (Lipinski definition) is 1. The molecule has 1 aliphatic carbocycles. The zero-order chi connectivity index (χ0) is 8.97. The molecule has 0 aliphatic heterocycles. The topological polar surface area (TPSA) is 29.1 Å². The second-order valence-electron chi connectivity index (χ2n) is 3.57. The number of halogens is 1. The molecule has 0 aromatic heterocycles. The van der Waals surface area contributed by atoms with Crippen LogP contribution >= 0.6 is 11.6 Å². The maximum atomic E-state index is 11.0. The number of hydrogen-bond donors (Lipinski definition) is 1. The van der Waals surface area contributed by atoms with Crippen molar-refractivity contribution in [3.8, 4) is 0 Å². The Balaban J connectivity index is 2.33. The van der Waals surface area contributed by atoms with E-state index < -0.39 is 0 Å². The van der Waals surface area contributed by atoms with Crippen LogP contribution in [0.25, 0.3) is 0 Å². The zero-order valence-electron chi connectivity index (χ0n) is 7.48. The third-order valence-corrected chi connectivity index (χ3v) is 2.82. The first-order valence-corrected chi connectivity index (χ1v) is 5.13. The van der Waals surface area contributed by atoms with E-state index in [9.17, 15) is 4.79 Å². The third kappa shape index (κ3) is 2.67. The van der Waals surface area contributed by atoms with Crippen molar-refractivity contribution < 1.29 is 4.79 Å². The fourth-order valence-corrected chi connectivity index (χ4v) is 1.85. The van der Waals surface area contributed by atoms with E-state index in [1.807, 2.05) is 0 Å². The molecular weight excluding hydrogens is 174 g/mol. The van der Waals surface area contributed by atoms with E-state index >= 15 is 0 Å². The summed E-state index contributed by atoms with van der Waals surface area (Å²) in [4.78, 5) is 11.0. The van der Waals surface area contributed by atoms with E-state index in [4.69, 9.17) is 11.6 Å². The highest BCUT2D eigenvalue weighted by Crippen LogP contribution is 2.23. The first kappa shape index (κ1) is 9.85. The molecule has 1 fully saturated rings. The van der Waals surface area contributed by atoms with E-state index in [-0.39, 0.29) is 11.8 Å². The van der Waals surface area contributed by atoms with Crippen molar-refractivity contribution in [3.63, 3.8) is 0 Å². The Bertz CT molecular complexity index is 161. The molecule has 0 heterocycles. The highest BCUT2D eigenvalue weighted by Gasteiger charge is 2.21. The predicted octanol–water partition coefficient (Wildman–Crippen LogP) is 1.92. The lowest BCUT2D eigenvalue weighted by Gasteiger charge is -2.29. The van der Waals surface area contributed by atoms with Crippen molar-refractivity contribution in [1.29, 1.82) is 0 Å². The van der Waals surface area contributed by atoms with Crippen LogP contribution in [-0.2, 0) is 4.79 Å². The molecule has 3 heteroatoms. The number of alkyl halides is 1. The summed E-state index contributed by atoms with van der Waals surface area (Å²) in [5.41, 5.74) is 0. The first-order valence-electron chi connectivity index (χ1n) is 4.59. The lowest BCUT2D eigenvalue weighted by Crippen LogP contribution is -2.41. The van der Waals surface area contributed by atoms with Crippen LogP contribution in [0.15, 0.2) is 0 Å². The van der Waals surface area contributed by atoms with Crippen molar-refractivity contribution in [2.75, 3.05) is 5.88 Å². The van der Waals surface area contributed by atoms with Gasteiger partial charge in [0, 0.05) is 6.04 Å². The van der Waals surface area contributed by atoms with Gasteiger partial charge in [-0.2, -0.15) is 0 Å². The molecule has 1 saturated carbocycles. The highest BCUT2D eigenvalue weighted by atomic mass is 35.5. The van der Waals surface area contributed by atoms with Crippen LogP contribution in [0.3, 0.4) is 0 Å². The van der Waals surface area contributed by atoms with Crippen molar-refractivity contribution in [2.45, 2.75) is 38.6 Å². The van der Waals surface area contributed by atoms with E-state index in [1.165, 1.54) is 19.3 Å². The monoisotopic (exact) mass is 189 g/mol. The van der Waals surface area contributed by atoms with Gasteiger partial charge in [-0.15, -0.1) is 11.6 Å². The van der Waals surface area contributed by atoms with Crippen molar-refractivity contribution in [3.05, 3.63) is 0 Å². The number of nitrogens with one attached hydrogen (secondary N) is 1. The SMILES string of the molecule is C[C@@H]1CCCC[C@@H]1NC(=O)CCl. The Hall–Kier alpha value is -0.240. The lowest BCUT2D eigenvalue weighted by atomic mass is 9.86. The fourth-order valence-electron chi connectivity index (χ4n) is 1.78. The van der Waals surface area contributed by atoms with E-state index in [2.05, 4.69) is 12.2 Å². The normalized spacial score (nSPS) is 29.8. The molecule has 1 rings (SSSR count). The molecule has 2 atom stereocenters. The van der Waals surface area contributed by atoms with Crippen molar-refractivity contribution in [2.24, 2.45) is 5.92 Å². The molecule has 70 valence electrons. The van der Waals surface area contributed by atoms with Crippen LogP contribution in [0.2, 0.25) is 0 Å². The van der Waals surface area contributed by atoms with Gasteiger partial charge in [-0.25, -0.2) is 0 Å². The molecule has 0 aromatic rings. The minimum absolute atomic E-state index is 0.0320. The van der Waals surface area contributed by atoms with Gasteiger partial charge < -0.3 is 5.32 Å². The quantitative estimate of drug-likeness (QED) is 0.661. The van der Waals surface area contributed by atoms with Crippen LogP contribution in [0.1, 0.15) is 32.6 Å². The minimum Gasteiger partial charge on any atom is -0.352 e. The van der Waals surface area contributed by atoms with Gasteiger partial charge in [0.05, 0.1) is 0 Å². The molecule has 0 bridgehead atoms. The molecule has 1 N–H and O–H groups in total. The Morgan fingerprint density at radius 2 is 2.17 bits per heavy atom. The van der Waals surface area contributed by atoms with Gasteiger partial charge in [0.2, 0.25) is 5.91 Å². The van der Waals surface area contributed by atoms with Crippen molar-refractivity contribution >= 4 is 17.5 Å². The van der Waals surface area contributed by atoms with Crippen LogP contribution in [-0.4, -0.2) is 17.8 Å². The first-order chi connectivity index (χ1) is 5.74. The molecule has 0 saturated heterocycles. The molecule has 2 nitrogen and oxygen atoms in total. The standard InChI is InChI=1S/C9H16ClNO/c1-7-4-2-3-5-8(7)11-9(12)6-10/h7-8H,2-6H2,1H3,(H,11,12)/t7-,8+/m1/s1. The van der Waals surface area contributed by atoms with Crippen LogP contribution in [0, 0.1) is 5.92 Å². The second-order valence-corrected chi connectivity index (χ2v) is 3.84. The third-order valence-electron chi connectivity index (χ3n) is 2.58. The summed E-state index contributed by atoms with van der Waals surface area (Å²) >= 11 is 5.41. The van der Waals surface area contributed by atoms with Gasteiger partial charge in [0.15, 0.2) is 0 Å².